The molecule has 2 aliphatic rings. The number of amides is 2. The number of nitrogens with zero attached hydrogens (tertiary/aromatic N) is 1. The van der Waals surface area contributed by atoms with Gasteiger partial charge in [0.2, 0.25) is 0 Å². The minimum Gasteiger partial charge on any atom is -0.378 e. The predicted molar refractivity (Wildman–Crippen MR) is 111 cm³/mol. The molecule has 2 N–H and O–H groups in total. The Balaban J connectivity index is 1.43. The van der Waals surface area contributed by atoms with Crippen molar-refractivity contribution >= 4 is 11.7 Å². The molecule has 4 rings (SSSR count). The number of carbonyl (C=O) groups is 1. The SMILES string of the molecule is O=C(NCc1ccccc1N1CCOCC1)NC1(c2ccc(F)cc2)CCCC1. The van der Waals surface area contributed by atoms with Crippen LogP contribution in [0, 0.1) is 5.82 Å². The summed E-state index contributed by atoms with van der Waals surface area (Å²) in [4.78, 5) is 15.1. The average Bonchev–Trinajstić information content (AvgIpc) is 3.23. The zero-order chi connectivity index (χ0) is 20.1. The Hall–Kier alpha value is -2.60. The van der Waals surface area contributed by atoms with Crippen LogP contribution in [0.25, 0.3) is 0 Å². The van der Waals surface area contributed by atoms with Crippen molar-refractivity contribution in [3.63, 3.8) is 0 Å². The first kappa shape index (κ1) is 19.7. The Bertz CT molecular complexity index is 828. The number of urea groups is 1. The lowest BCUT2D eigenvalue weighted by Gasteiger charge is -2.32. The third kappa shape index (κ3) is 4.53. The minimum absolute atomic E-state index is 0.187. The smallest absolute Gasteiger partial charge is 0.315 e. The summed E-state index contributed by atoms with van der Waals surface area (Å²) in [5.41, 5.74) is 2.79. The molecule has 5 nitrogen and oxygen atoms in total. The number of morpholine rings is 1. The first-order valence-corrected chi connectivity index (χ1v) is 10.4. The van der Waals surface area contributed by atoms with E-state index < -0.39 is 5.54 Å². The molecule has 2 amide bonds. The van der Waals surface area contributed by atoms with Gasteiger partial charge in [0.05, 0.1) is 18.8 Å². The Labute approximate surface area is 171 Å². The van der Waals surface area contributed by atoms with Crippen LogP contribution in [-0.4, -0.2) is 32.3 Å². The lowest BCUT2D eigenvalue weighted by molar-refractivity contribution is 0.122. The number of benzene rings is 2. The van der Waals surface area contributed by atoms with Gasteiger partial charge in [0.1, 0.15) is 5.82 Å². The molecule has 0 spiro atoms. The average molecular weight is 397 g/mol. The van der Waals surface area contributed by atoms with Gasteiger partial charge in [-0.3, -0.25) is 0 Å². The second kappa shape index (κ2) is 8.82. The standard InChI is InChI=1S/C23H28FN3O2/c24-20-9-7-19(8-10-20)23(11-3-4-12-23)26-22(28)25-17-18-5-1-2-6-21(18)27-13-15-29-16-14-27/h1-2,5-10H,3-4,11-17H2,(H2,25,26,28). The fraction of sp³-hybridized carbons (Fsp3) is 0.435. The summed E-state index contributed by atoms with van der Waals surface area (Å²) in [5, 5.41) is 6.22. The summed E-state index contributed by atoms with van der Waals surface area (Å²) >= 11 is 0. The van der Waals surface area contributed by atoms with Gasteiger partial charge in [0.25, 0.3) is 0 Å². The molecule has 6 heteroatoms. The van der Waals surface area contributed by atoms with Gasteiger partial charge >= 0.3 is 6.03 Å². The quantitative estimate of drug-likeness (QED) is 0.804. The molecule has 0 aromatic heterocycles. The number of hydrogen-bond donors (Lipinski definition) is 2. The van der Waals surface area contributed by atoms with Gasteiger partial charge in [-0.25, -0.2) is 9.18 Å². The van der Waals surface area contributed by atoms with E-state index in [4.69, 9.17) is 4.74 Å². The molecule has 0 atom stereocenters. The van der Waals surface area contributed by atoms with E-state index in [-0.39, 0.29) is 11.8 Å². The maximum Gasteiger partial charge on any atom is 0.315 e. The number of para-hydroxylation sites is 1. The van der Waals surface area contributed by atoms with Crippen molar-refractivity contribution in [2.24, 2.45) is 0 Å². The fourth-order valence-corrected chi connectivity index (χ4v) is 4.44. The van der Waals surface area contributed by atoms with Crippen LogP contribution < -0.4 is 15.5 Å². The molecule has 0 bridgehead atoms. The van der Waals surface area contributed by atoms with Crippen molar-refractivity contribution in [2.75, 3.05) is 31.2 Å². The van der Waals surface area contributed by atoms with Crippen molar-refractivity contribution in [3.8, 4) is 0 Å². The van der Waals surface area contributed by atoms with Gasteiger partial charge in [-0.2, -0.15) is 0 Å². The van der Waals surface area contributed by atoms with Gasteiger partial charge in [0.15, 0.2) is 0 Å². The molecule has 0 unspecified atom stereocenters. The third-order valence-corrected chi connectivity index (χ3v) is 5.99. The van der Waals surface area contributed by atoms with Crippen LogP contribution in [0.15, 0.2) is 48.5 Å². The van der Waals surface area contributed by atoms with Gasteiger partial charge in [0, 0.05) is 25.3 Å². The highest BCUT2D eigenvalue weighted by Gasteiger charge is 2.37. The van der Waals surface area contributed by atoms with E-state index in [1.165, 1.54) is 12.1 Å². The van der Waals surface area contributed by atoms with Crippen molar-refractivity contribution in [1.82, 2.24) is 10.6 Å². The van der Waals surface area contributed by atoms with E-state index >= 15 is 0 Å². The Kier molecular flexibility index (Phi) is 6.00. The lowest BCUT2D eigenvalue weighted by atomic mass is 9.88. The van der Waals surface area contributed by atoms with Crippen LogP contribution in [0.4, 0.5) is 14.9 Å². The Morgan fingerprint density at radius 1 is 1.03 bits per heavy atom. The molecule has 2 aromatic carbocycles. The summed E-state index contributed by atoms with van der Waals surface area (Å²) in [5.74, 6) is -0.258. The molecule has 1 aliphatic carbocycles. The zero-order valence-corrected chi connectivity index (χ0v) is 16.6. The van der Waals surface area contributed by atoms with E-state index in [0.717, 1.165) is 68.8 Å². The third-order valence-electron chi connectivity index (χ3n) is 5.99. The molecular formula is C23H28FN3O2. The molecule has 154 valence electrons. The predicted octanol–water partition coefficient (Wildman–Crippen LogP) is 3.93. The maximum absolute atomic E-state index is 13.3. The first-order valence-electron chi connectivity index (χ1n) is 10.4. The maximum atomic E-state index is 13.3. The summed E-state index contributed by atoms with van der Waals surface area (Å²) < 4.78 is 18.8. The molecule has 2 aromatic rings. The van der Waals surface area contributed by atoms with E-state index in [0.29, 0.717) is 6.54 Å². The van der Waals surface area contributed by atoms with Gasteiger partial charge in [-0.15, -0.1) is 0 Å². The lowest BCUT2D eigenvalue weighted by Crippen LogP contribution is -2.48. The van der Waals surface area contributed by atoms with Crippen molar-refractivity contribution in [1.29, 1.82) is 0 Å². The van der Waals surface area contributed by atoms with Crippen LogP contribution in [0.1, 0.15) is 36.8 Å². The minimum atomic E-state index is -0.415. The molecule has 2 fully saturated rings. The topological polar surface area (TPSA) is 53.6 Å². The summed E-state index contributed by atoms with van der Waals surface area (Å²) in [6.07, 6.45) is 3.85. The summed E-state index contributed by atoms with van der Waals surface area (Å²) in [6, 6.07) is 14.5. The number of rotatable bonds is 5. The molecule has 1 heterocycles. The monoisotopic (exact) mass is 397 g/mol. The van der Waals surface area contributed by atoms with Crippen LogP contribution in [-0.2, 0) is 16.8 Å². The highest BCUT2D eigenvalue weighted by Crippen LogP contribution is 2.38. The number of anilines is 1. The van der Waals surface area contributed by atoms with Gasteiger partial charge in [-0.1, -0.05) is 43.2 Å². The zero-order valence-electron chi connectivity index (χ0n) is 16.6. The molecular weight excluding hydrogens is 369 g/mol. The van der Waals surface area contributed by atoms with Crippen molar-refractivity contribution in [2.45, 2.75) is 37.8 Å². The van der Waals surface area contributed by atoms with Gasteiger partial charge < -0.3 is 20.3 Å². The van der Waals surface area contributed by atoms with Crippen molar-refractivity contribution < 1.29 is 13.9 Å². The number of ether oxygens (including phenoxy) is 1. The number of nitrogens with one attached hydrogen (secondary N) is 2. The second-order valence-corrected chi connectivity index (χ2v) is 7.83. The van der Waals surface area contributed by atoms with E-state index in [1.54, 1.807) is 12.1 Å². The van der Waals surface area contributed by atoms with E-state index in [1.807, 2.05) is 12.1 Å². The molecule has 29 heavy (non-hydrogen) atoms. The number of halogens is 1. The fourth-order valence-electron chi connectivity index (χ4n) is 4.44. The van der Waals surface area contributed by atoms with Crippen LogP contribution in [0.3, 0.4) is 0 Å². The largest absolute Gasteiger partial charge is 0.378 e. The molecule has 1 aliphatic heterocycles. The first-order chi connectivity index (χ1) is 14.2. The Morgan fingerprint density at radius 3 is 2.45 bits per heavy atom. The summed E-state index contributed by atoms with van der Waals surface area (Å²) in [6.45, 7) is 3.62. The Morgan fingerprint density at radius 2 is 1.72 bits per heavy atom. The molecule has 1 saturated heterocycles. The molecule has 1 saturated carbocycles. The number of hydrogen-bond acceptors (Lipinski definition) is 3. The van der Waals surface area contributed by atoms with Gasteiger partial charge in [-0.05, 0) is 42.2 Å². The van der Waals surface area contributed by atoms with E-state index in [2.05, 4.69) is 27.7 Å². The summed E-state index contributed by atoms with van der Waals surface area (Å²) in [7, 11) is 0. The number of carbonyl (C=O) groups excluding carboxylic acids is 1. The molecule has 0 radical (unpaired) electrons. The van der Waals surface area contributed by atoms with Crippen LogP contribution in [0.5, 0.6) is 0 Å². The normalized spacial score (nSPS) is 18.4. The van der Waals surface area contributed by atoms with Crippen LogP contribution >= 0.6 is 0 Å². The van der Waals surface area contributed by atoms with E-state index in [9.17, 15) is 9.18 Å². The highest BCUT2D eigenvalue weighted by atomic mass is 19.1. The van der Waals surface area contributed by atoms with Crippen molar-refractivity contribution in [3.05, 3.63) is 65.5 Å². The highest BCUT2D eigenvalue weighted by molar-refractivity contribution is 5.75. The van der Waals surface area contributed by atoms with Crippen LogP contribution in [0.2, 0.25) is 0 Å². The second-order valence-electron chi connectivity index (χ2n) is 7.83.